The molecule has 1 aliphatic heterocycles. The van der Waals surface area contributed by atoms with Gasteiger partial charge in [0.15, 0.2) is 11.5 Å². The van der Waals surface area contributed by atoms with Crippen molar-refractivity contribution in [2.45, 2.75) is 38.6 Å². The molecule has 0 spiro atoms. The minimum Gasteiger partial charge on any atom is -0.504 e. The molecule has 0 radical (unpaired) electrons. The molecule has 0 aromatic heterocycles. The number of ether oxygens (including phenoxy) is 1. The lowest BCUT2D eigenvalue weighted by molar-refractivity contribution is 0.255. The number of hydrogen-bond donors (Lipinski definition) is 1. The fourth-order valence-corrected chi connectivity index (χ4v) is 4.28. The van der Waals surface area contributed by atoms with Crippen LogP contribution in [0.15, 0.2) is 48.0 Å². The zero-order valence-corrected chi connectivity index (χ0v) is 15.7. The third-order valence-electron chi connectivity index (χ3n) is 5.94. The number of benzene rings is 2. The Bertz CT molecular complexity index is 840. The maximum Gasteiger partial charge on any atom is 0.160 e. The van der Waals surface area contributed by atoms with Crippen molar-refractivity contribution >= 4 is 5.57 Å². The molecule has 2 aliphatic rings. The first-order chi connectivity index (χ1) is 12.7. The van der Waals surface area contributed by atoms with Gasteiger partial charge in [-0.3, -0.25) is 4.90 Å². The number of phenolic OH excluding ortho intramolecular Hbond substituents is 1. The van der Waals surface area contributed by atoms with Gasteiger partial charge in [-0.2, -0.15) is 0 Å². The predicted octanol–water partition coefficient (Wildman–Crippen LogP) is 4.44. The van der Waals surface area contributed by atoms with E-state index in [0.717, 1.165) is 25.9 Å². The summed E-state index contributed by atoms with van der Waals surface area (Å²) in [6.07, 6.45) is 4.50. The zero-order chi connectivity index (χ0) is 18.1. The molecule has 0 bridgehead atoms. The second-order valence-corrected chi connectivity index (χ2v) is 7.54. The van der Waals surface area contributed by atoms with Crippen molar-refractivity contribution in [3.63, 3.8) is 0 Å². The van der Waals surface area contributed by atoms with Gasteiger partial charge in [-0.25, -0.2) is 0 Å². The highest BCUT2D eigenvalue weighted by Gasteiger charge is 2.29. The summed E-state index contributed by atoms with van der Waals surface area (Å²) in [5.74, 6) is 0.768. The Labute approximate surface area is 155 Å². The molecule has 3 heteroatoms. The second-order valence-electron chi connectivity index (χ2n) is 7.54. The Morgan fingerprint density at radius 3 is 2.81 bits per heavy atom. The van der Waals surface area contributed by atoms with E-state index >= 15 is 0 Å². The fourth-order valence-electron chi connectivity index (χ4n) is 4.28. The van der Waals surface area contributed by atoms with E-state index in [0.29, 0.717) is 11.8 Å². The number of aromatic hydroxyl groups is 1. The number of phenols is 1. The van der Waals surface area contributed by atoms with Crippen LogP contribution in [0.2, 0.25) is 0 Å². The molecule has 2 aromatic rings. The van der Waals surface area contributed by atoms with Crippen LogP contribution in [-0.2, 0) is 12.8 Å². The summed E-state index contributed by atoms with van der Waals surface area (Å²) in [6.45, 7) is 4.53. The van der Waals surface area contributed by atoms with Crippen molar-refractivity contribution in [2.75, 3.05) is 20.2 Å². The highest BCUT2D eigenvalue weighted by Crippen LogP contribution is 2.37. The molecule has 4 rings (SSSR count). The topological polar surface area (TPSA) is 32.7 Å². The van der Waals surface area contributed by atoms with E-state index in [1.807, 2.05) is 12.1 Å². The predicted molar refractivity (Wildman–Crippen MR) is 106 cm³/mol. The van der Waals surface area contributed by atoms with Crippen molar-refractivity contribution in [1.82, 2.24) is 4.90 Å². The number of rotatable bonds is 5. The van der Waals surface area contributed by atoms with Crippen LogP contribution >= 0.6 is 0 Å². The smallest absolute Gasteiger partial charge is 0.160 e. The number of fused-ring (bicyclic) bond motifs is 2. The van der Waals surface area contributed by atoms with Gasteiger partial charge in [0, 0.05) is 19.1 Å². The first-order valence-electron chi connectivity index (χ1n) is 9.55. The normalized spacial score (nSPS) is 17.8. The molecule has 0 unspecified atom stereocenters. The summed E-state index contributed by atoms with van der Waals surface area (Å²) in [4.78, 5) is 2.62. The molecule has 1 N–H and O–H groups in total. The SMILES string of the molecule is COc1cc(CC[C@@H](C)N2CC3=C(C2)c2ccccc2CC3)ccc1O. The van der Waals surface area contributed by atoms with Crippen molar-refractivity contribution < 1.29 is 9.84 Å². The summed E-state index contributed by atoms with van der Waals surface area (Å²) >= 11 is 0. The Morgan fingerprint density at radius 2 is 1.96 bits per heavy atom. The Morgan fingerprint density at radius 1 is 1.12 bits per heavy atom. The number of methoxy groups -OCH3 is 1. The van der Waals surface area contributed by atoms with Crippen molar-refractivity contribution in [1.29, 1.82) is 0 Å². The van der Waals surface area contributed by atoms with Crippen LogP contribution in [0.3, 0.4) is 0 Å². The molecular formula is C23H27NO2. The molecule has 26 heavy (non-hydrogen) atoms. The van der Waals surface area contributed by atoms with E-state index < -0.39 is 0 Å². The van der Waals surface area contributed by atoms with Crippen LogP contribution in [0, 0.1) is 0 Å². The van der Waals surface area contributed by atoms with E-state index in [9.17, 15) is 5.11 Å². The van der Waals surface area contributed by atoms with Gasteiger partial charge in [0.05, 0.1) is 7.11 Å². The number of aryl methyl sites for hydroxylation is 2. The molecule has 3 nitrogen and oxygen atoms in total. The number of nitrogens with zero attached hydrogens (tertiary/aromatic N) is 1. The summed E-state index contributed by atoms with van der Waals surface area (Å²) in [7, 11) is 1.60. The highest BCUT2D eigenvalue weighted by atomic mass is 16.5. The summed E-state index contributed by atoms with van der Waals surface area (Å²) < 4.78 is 5.22. The quantitative estimate of drug-likeness (QED) is 0.866. The van der Waals surface area contributed by atoms with Crippen LogP contribution in [0.1, 0.15) is 36.5 Å². The van der Waals surface area contributed by atoms with E-state index in [1.54, 1.807) is 24.3 Å². The van der Waals surface area contributed by atoms with Crippen LogP contribution in [0.4, 0.5) is 0 Å². The van der Waals surface area contributed by atoms with Crippen LogP contribution in [-0.4, -0.2) is 36.2 Å². The number of hydrogen-bond acceptors (Lipinski definition) is 3. The molecule has 0 saturated carbocycles. The lowest BCUT2D eigenvalue weighted by Crippen LogP contribution is -2.32. The van der Waals surface area contributed by atoms with Gasteiger partial charge in [0.2, 0.25) is 0 Å². The fraction of sp³-hybridized carbons (Fsp3) is 0.391. The molecule has 0 fully saturated rings. The van der Waals surface area contributed by atoms with Gasteiger partial charge in [-0.15, -0.1) is 0 Å². The van der Waals surface area contributed by atoms with Gasteiger partial charge >= 0.3 is 0 Å². The Balaban J connectivity index is 1.40. The lowest BCUT2D eigenvalue weighted by atomic mass is 9.87. The molecule has 1 heterocycles. The third-order valence-corrected chi connectivity index (χ3v) is 5.94. The van der Waals surface area contributed by atoms with E-state index in [4.69, 9.17) is 4.74 Å². The van der Waals surface area contributed by atoms with E-state index in [1.165, 1.54) is 29.5 Å². The zero-order valence-electron chi connectivity index (χ0n) is 15.7. The van der Waals surface area contributed by atoms with Crippen molar-refractivity contribution in [3.05, 3.63) is 64.7 Å². The monoisotopic (exact) mass is 349 g/mol. The maximum absolute atomic E-state index is 9.74. The summed E-state index contributed by atoms with van der Waals surface area (Å²) in [5.41, 5.74) is 7.42. The van der Waals surface area contributed by atoms with Gasteiger partial charge in [-0.1, -0.05) is 35.9 Å². The van der Waals surface area contributed by atoms with Crippen LogP contribution in [0.5, 0.6) is 11.5 Å². The highest BCUT2D eigenvalue weighted by molar-refractivity contribution is 5.76. The minimum atomic E-state index is 0.208. The van der Waals surface area contributed by atoms with Gasteiger partial charge in [0.1, 0.15) is 0 Å². The van der Waals surface area contributed by atoms with Gasteiger partial charge in [0.25, 0.3) is 0 Å². The average Bonchev–Trinajstić information content (AvgIpc) is 3.12. The maximum atomic E-state index is 9.74. The summed E-state index contributed by atoms with van der Waals surface area (Å²) in [6, 6.07) is 15.1. The second kappa shape index (κ2) is 7.16. The van der Waals surface area contributed by atoms with Gasteiger partial charge in [-0.05, 0) is 67.0 Å². The lowest BCUT2D eigenvalue weighted by Gasteiger charge is -2.25. The molecule has 2 aromatic carbocycles. The van der Waals surface area contributed by atoms with Crippen LogP contribution < -0.4 is 4.74 Å². The molecule has 1 atom stereocenters. The first kappa shape index (κ1) is 17.2. The molecule has 136 valence electrons. The largest absolute Gasteiger partial charge is 0.504 e. The minimum absolute atomic E-state index is 0.208. The Hall–Kier alpha value is -2.26. The molecular weight excluding hydrogens is 322 g/mol. The first-order valence-corrected chi connectivity index (χ1v) is 9.55. The van der Waals surface area contributed by atoms with Crippen molar-refractivity contribution in [2.24, 2.45) is 0 Å². The Kier molecular flexibility index (Phi) is 4.73. The van der Waals surface area contributed by atoms with Gasteiger partial charge < -0.3 is 9.84 Å². The molecule has 1 aliphatic carbocycles. The van der Waals surface area contributed by atoms with E-state index in [2.05, 4.69) is 36.1 Å². The van der Waals surface area contributed by atoms with Crippen molar-refractivity contribution in [3.8, 4) is 11.5 Å². The standard InChI is InChI=1S/C23H27NO2/c1-16(7-8-17-9-12-22(25)23(13-17)26-2)24-14-19-11-10-18-5-3-4-6-20(18)21(19)15-24/h3-6,9,12-13,16,25H,7-8,10-11,14-15H2,1-2H3/t16-/m1/s1. The van der Waals surface area contributed by atoms with E-state index in [-0.39, 0.29) is 5.75 Å². The third kappa shape index (κ3) is 3.24. The molecule has 0 amide bonds. The molecule has 0 saturated heterocycles. The average molecular weight is 349 g/mol. The summed E-state index contributed by atoms with van der Waals surface area (Å²) in [5, 5.41) is 9.74. The van der Waals surface area contributed by atoms with Crippen LogP contribution in [0.25, 0.3) is 5.57 Å².